The second kappa shape index (κ2) is 8.86. The summed E-state index contributed by atoms with van der Waals surface area (Å²) in [5, 5.41) is 3.07. The molecular formula is C20H18F2N6O3. The molecule has 1 unspecified atom stereocenters. The van der Waals surface area contributed by atoms with Crippen molar-refractivity contribution in [3.05, 3.63) is 65.9 Å². The summed E-state index contributed by atoms with van der Waals surface area (Å²) < 4.78 is 37.0. The smallest absolute Gasteiger partial charge is 0.415 e. The molecule has 11 heteroatoms. The molecule has 0 aliphatic carbocycles. The van der Waals surface area contributed by atoms with Gasteiger partial charge < -0.3 is 14.8 Å². The van der Waals surface area contributed by atoms with Gasteiger partial charge in [0.2, 0.25) is 5.95 Å². The Bertz CT molecular complexity index is 1080. The first-order chi connectivity index (χ1) is 15.0. The van der Waals surface area contributed by atoms with E-state index in [0.29, 0.717) is 36.5 Å². The normalized spacial score (nSPS) is 14.3. The predicted octanol–water partition coefficient (Wildman–Crippen LogP) is 3.25. The van der Waals surface area contributed by atoms with Crippen LogP contribution in [0, 0.1) is 11.6 Å². The number of hydrogen-bond acceptors (Lipinski definition) is 8. The first-order valence-electron chi connectivity index (χ1n) is 9.42. The van der Waals surface area contributed by atoms with Crippen molar-refractivity contribution in [1.29, 1.82) is 0 Å². The molecule has 1 aliphatic rings. The van der Waals surface area contributed by atoms with Gasteiger partial charge in [-0.3, -0.25) is 4.90 Å². The van der Waals surface area contributed by atoms with Crippen LogP contribution in [-0.4, -0.2) is 39.2 Å². The van der Waals surface area contributed by atoms with Gasteiger partial charge in [-0.2, -0.15) is 4.98 Å². The summed E-state index contributed by atoms with van der Waals surface area (Å²) in [5.74, 6) is 0.204. The average molecular weight is 428 g/mol. The molecule has 1 saturated heterocycles. The number of anilines is 2. The summed E-state index contributed by atoms with van der Waals surface area (Å²) in [6.45, 7) is 2.49. The van der Waals surface area contributed by atoms with Gasteiger partial charge in [0.1, 0.15) is 36.5 Å². The number of aromatic nitrogens is 4. The first kappa shape index (κ1) is 20.4. The molecule has 0 saturated carbocycles. The quantitative estimate of drug-likeness (QED) is 0.612. The van der Waals surface area contributed by atoms with Gasteiger partial charge in [0.25, 0.3) is 0 Å². The number of carbonyl (C=O) groups is 1. The number of carbonyl (C=O) groups excluding carboxylic acids is 1. The Morgan fingerprint density at radius 2 is 2.03 bits per heavy atom. The van der Waals surface area contributed by atoms with E-state index in [0.717, 1.165) is 6.07 Å². The molecule has 3 heterocycles. The second-order valence-corrected chi connectivity index (χ2v) is 6.67. The highest BCUT2D eigenvalue weighted by Crippen LogP contribution is 2.20. The summed E-state index contributed by atoms with van der Waals surface area (Å²) in [5.41, 5.74) is 0.222. The highest BCUT2D eigenvalue weighted by Gasteiger charge is 2.25. The van der Waals surface area contributed by atoms with Crippen molar-refractivity contribution in [2.24, 2.45) is 0 Å². The standard InChI is InChI=1S/C20H18F2N6O3/c1-12(26-19-23-5-4-17(27-19)28-6-7-30-20(28)29)18-24-9-15(10-25-18)31-11-13-2-3-14(21)8-16(13)22/h2-5,8-10,12H,6-7,11H2,1H3,(H,23,26,27). The number of halogens is 2. The zero-order chi connectivity index (χ0) is 21.8. The zero-order valence-corrected chi connectivity index (χ0v) is 16.5. The monoisotopic (exact) mass is 428 g/mol. The van der Waals surface area contributed by atoms with Crippen LogP contribution in [-0.2, 0) is 11.3 Å². The third-order valence-corrected chi connectivity index (χ3v) is 4.47. The summed E-state index contributed by atoms with van der Waals surface area (Å²) in [6, 6.07) is 4.56. The molecule has 0 spiro atoms. The topological polar surface area (TPSA) is 102 Å². The molecule has 1 fully saturated rings. The summed E-state index contributed by atoms with van der Waals surface area (Å²) >= 11 is 0. The van der Waals surface area contributed by atoms with Gasteiger partial charge in [0.15, 0.2) is 5.75 Å². The molecule has 0 bridgehead atoms. The van der Waals surface area contributed by atoms with Crippen LogP contribution in [0.1, 0.15) is 24.4 Å². The van der Waals surface area contributed by atoms with E-state index in [1.165, 1.54) is 35.6 Å². The van der Waals surface area contributed by atoms with E-state index in [9.17, 15) is 13.6 Å². The van der Waals surface area contributed by atoms with Crippen LogP contribution in [0.25, 0.3) is 0 Å². The van der Waals surface area contributed by atoms with Gasteiger partial charge in [0, 0.05) is 17.8 Å². The molecule has 1 aromatic carbocycles. The van der Waals surface area contributed by atoms with Crippen LogP contribution in [0.4, 0.5) is 25.3 Å². The lowest BCUT2D eigenvalue weighted by molar-refractivity contribution is 0.181. The highest BCUT2D eigenvalue weighted by molar-refractivity contribution is 5.88. The zero-order valence-electron chi connectivity index (χ0n) is 16.5. The third-order valence-electron chi connectivity index (χ3n) is 4.47. The van der Waals surface area contributed by atoms with E-state index in [-0.39, 0.29) is 18.2 Å². The Morgan fingerprint density at radius 1 is 1.23 bits per heavy atom. The lowest BCUT2D eigenvalue weighted by Gasteiger charge is -2.15. The van der Waals surface area contributed by atoms with Gasteiger partial charge in [-0.25, -0.2) is 28.5 Å². The van der Waals surface area contributed by atoms with Crippen molar-refractivity contribution >= 4 is 17.9 Å². The van der Waals surface area contributed by atoms with Gasteiger partial charge in [-0.15, -0.1) is 0 Å². The molecule has 31 heavy (non-hydrogen) atoms. The van der Waals surface area contributed by atoms with Crippen LogP contribution in [0.2, 0.25) is 0 Å². The Balaban J connectivity index is 1.37. The molecule has 2 aromatic heterocycles. The van der Waals surface area contributed by atoms with Crippen LogP contribution in [0.3, 0.4) is 0 Å². The number of nitrogens with one attached hydrogen (secondary N) is 1. The van der Waals surface area contributed by atoms with Crippen molar-refractivity contribution < 1.29 is 23.0 Å². The number of ether oxygens (including phenoxy) is 2. The molecule has 1 amide bonds. The van der Waals surface area contributed by atoms with Gasteiger partial charge in [-0.05, 0) is 25.1 Å². The first-order valence-corrected chi connectivity index (χ1v) is 9.42. The summed E-state index contributed by atoms with van der Waals surface area (Å²) in [6.07, 6.45) is 4.01. The number of benzene rings is 1. The Labute approximate surface area is 176 Å². The summed E-state index contributed by atoms with van der Waals surface area (Å²) in [4.78, 5) is 30.1. The molecule has 1 aliphatic heterocycles. The van der Waals surface area contributed by atoms with Gasteiger partial charge in [0.05, 0.1) is 25.0 Å². The van der Waals surface area contributed by atoms with E-state index in [4.69, 9.17) is 9.47 Å². The largest absolute Gasteiger partial charge is 0.486 e. The Morgan fingerprint density at radius 3 is 2.74 bits per heavy atom. The van der Waals surface area contributed by atoms with Gasteiger partial charge >= 0.3 is 6.09 Å². The van der Waals surface area contributed by atoms with Gasteiger partial charge in [-0.1, -0.05) is 0 Å². The Kier molecular flexibility index (Phi) is 5.83. The fourth-order valence-corrected chi connectivity index (χ4v) is 2.85. The van der Waals surface area contributed by atoms with Crippen molar-refractivity contribution in [3.8, 4) is 5.75 Å². The van der Waals surface area contributed by atoms with E-state index in [2.05, 4.69) is 25.3 Å². The van der Waals surface area contributed by atoms with Crippen molar-refractivity contribution in [2.75, 3.05) is 23.4 Å². The number of hydrogen-bond donors (Lipinski definition) is 1. The predicted molar refractivity (Wildman–Crippen MR) is 105 cm³/mol. The molecule has 1 atom stereocenters. The van der Waals surface area contributed by atoms with Crippen molar-refractivity contribution in [1.82, 2.24) is 19.9 Å². The minimum Gasteiger partial charge on any atom is -0.486 e. The third kappa shape index (κ3) is 4.82. The fraction of sp³-hybridized carbons (Fsp3) is 0.250. The minimum atomic E-state index is -0.681. The molecule has 0 radical (unpaired) electrons. The molecular weight excluding hydrogens is 410 g/mol. The Hall–Kier alpha value is -3.89. The van der Waals surface area contributed by atoms with Crippen LogP contribution >= 0.6 is 0 Å². The van der Waals surface area contributed by atoms with Crippen molar-refractivity contribution in [3.63, 3.8) is 0 Å². The maximum Gasteiger partial charge on any atom is 0.415 e. The maximum absolute atomic E-state index is 13.7. The molecule has 160 valence electrons. The van der Waals surface area contributed by atoms with E-state index < -0.39 is 17.7 Å². The van der Waals surface area contributed by atoms with E-state index >= 15 is 0 Å². The average Bonchev–Trinajstić information content (AvgIpc) is 3.19. The van der Waals surface area contributed by atoms with E-state index in [1.54, 1.807) is 6.07 Å². The van der Waals surface area contributed by atoms with Crippen LogP contribution in [0.15, 0.2) is 42.9 Å². The minimum absolute atomic E-state index is 0.0812. The van der Waals surface area contributed by atoms with Crippen LogP contribution < -0.4 is 15.0 Å². The second-order valence-electron chi connectivity index (χ2n) is 6.67. The SMILES string of the molecule is CC(Nc1nccc(N2CCOC2=O)n1)c1ncc(OCc2ccc(F)cc2F)cn1. The molecule has 3 aromatic rings. The number of amides is 1. The maximum atomic E-state index is 13.7. The number of nitrogens with zero attached hydrogens (tertiary/aromatic N) is 5. The summed E-state index contributed by atoms with van der Waals surface area (Å²) in [7, 11) is 0. The lowest BCUT2D eigenvalue weighted by Crippen LogP contribution is -2.25. The molecule has 4 rings (SSSR count). The molecule has 9 nitrogen and oxygen atoms in total. The number of cyclic esters (lactones) is 1. The highest BCUT2D eigenvalue weighted by atomic mass is 19.1. The molecule has 1 N–H and O–H groups in total. The van der Waals surface area contributed by atoms with Crippen LogP contribution in [0.5, 0.6) is 5.75 Å². The number of rotatable bonds is 7. The van der Waals surface area contributed by atoms with Crippen molar-refractivity contribution in [2.45, 2.75) is 19.6 Å². The lowest BCUT2D eigenvalue weighted by atomic mass is 10.2. The fourth-order valence-electron chi connectivity index (χ4n) is 2.85. The van der Waals surface area contributed by atoms with E-state index in [1.807, 2.05) is 6.92 Å².